The Bertz CT molecular complexity index is 329. The highest BCUT2D eigenvalue weighted by atomic mass is 14.0. The maximum absolute atomic E-state index is 2.29. The van der Waals surface area contributed by atoms with E-state index in [-0.39, 0.29) is 0 Å². The molecule has 0 spiro atoms. The molecule has 0 unspecified atom stereocenters. The molecular weight excluding hydrogens is 264 g/mol. The summed E-state index contributed by atoms with van der Waals surface area (Å²) in [6.45, 7) is 0. The van der Waals surface area contributed by atoms with Gasteiger partial charge in [0.2, 0.25) is 0 Å². The zero-order valence-electron chi connectivity index (χ0n) is 14.3. The lowest BCUT2D eigenvalue weighted by molar-refractivity contribution is 0.553. The van der Waals surface area contributed by atoms with Crippen molar-refractivity contribution in [3.05, 3.63) is 60.8 Å². The van der Waals surface area contributed by atoms with E-state index in [0.29, 0.717) is 0 Å². The minimum atomic E-state index is 1.22. The van der Waals surface area contributed by atoms with Crippen LogP contribution in [0, 0.1) is 0 Å². The van der Waals surface area contributed by atoms with Crippen molar-refractivity contribution in [3.63, 3.8) is 0 Å². The van der Waals surface area contributed by atoms with E-state index in [9.17, 15) is 0 Å². The maximum atomic E-state index is 2.29. The van der Waals surface area contributed by atoms with Gasteiger partial charge in [-0.15, -0.1) is 0 Å². The Kier molecular flexibility index (Phi) is 13.7. The van der Waals surface area contributed by atoms with Crippen LogP contribution in [0.2, 0.25) is 0 Å². The van der Waals surface area contributed by atoms with E-state index in [1.54, 1.807) is 0 Å². The van der Waals surface area contributed by atoms with Gasteiger partial charge in [-0.25, -0.2) is 0 Å². The molecule has 0 bridgehead atoms. The number of hydrogen-bond acceptors (Lipinski definition) is 0. The smallest absolute Gasteiger partial charge is 0.0348 e. The Balaban J connectivity index is 2.28. The van der Waals surface area contributed by atoms with Crippen molar-refractivity contribution in [3.8, 4) is 0 Å². The fraction of sp³-hybridized carbons (Fsp3) is 0.545. The lowest BCUT2D eigenvalue weighted by Gasteiger charge is -2.01. The van der Waals surface area contributed by atoms with Gasteiger partial charge in [-0.05, 0) is 25.7 Å². The molecule has 122 valence electrons. The topological polar surface area (TPSA) is 0 Å². The molecule has 0 radical (unpaired) electrons. The van der Waals surface area contributed by atoms with Gasteiger partial charge in [-0.3, -0.25) is 0 Å². The van der Waals surface area contributed by atoms with Crippen LogP contribution >= 0.6 is 0 Å². The third-order valence-electron chi connectivity index (χ3n) is 4.04. The molecule has 1 aliphatic carbocycles. The van der Waals surface area contributed by atoms with Gasteiger partial charge in [-0.1, -0.05) is 112 Å². The fourth-order valence-electron chi connectivity index (χ4n) is 2.67. The maximum Gasteiger partial charge on any atom is -0.0348 e. The lowest BCUT2D eigenvalue weighted by atomic mass is 10.0. The quantitative estimate of drug-likeness (QED) is 0.435. The van der Waals surface area contributed by atoms with Crippen molar-refractivity contribution in [2.45, 2.75) is 77.0 Å². The average Bonchev–Trinajstić information content (AvgIpc) is 2.53. The molecule has 1 aliphatic rings. The third-order valence-corrected chi connectivity index (χ3v) is 4.04. The molecular formula is C22H34. The monoisotopic (exact) mass is 298 g/mol. The first kappa shape index (κ1) is 18.7. The van der Waals surface area contributed by atoms with Crippen LogP contribution in [-0.2, 0) is 0 Å². The van der Waals surface area contributed by atoms with Crippen LogP contribution in [0.4, 0.5) is 0 Å². The van der Waals surface area contributed by atoms with Crippen LogP contribution in [0.3, 0.4) is 0 Å². The molecule has 0 N–H and O–H groups in total. The summed E-state index contributed by atoms with van der Waals surface area (Å²) in [5.41, 5.74) is 0. The first-order valence-corrected chi connectivity index (χ1v) is 9.32. The Morgan fingerprint density at radius 3 is 0.909 bits per heavy atom. The fourth-order valence-corrected chi connectivity index (χ4v) is 2.67. The summed E-state index contributed by atoms with van der Waals surface area (Å²) in [6, 6.07) is 0. The molecule has 0 nitrogen and oxygen atoms in total. The first-order valence-electron chi connectivity index (χ1n) is 9.32. The largest absolute Gasteiger partial charge is 0.0845 e. The zero-order chi connectivity index (χ0) is 15.6. The summed E-state index contributed by atoms with van der Waals surface area (Å²) < 4.78 is 0. The Hall–Kier alpha value is -1.30. The van der Waals surface area contributed by atoms with Gasteiger partial charge in [0.25, 0.3) is 0 Å². The van der Waals surface area contributed by atoms with Crippen LogP contribution in [0.5, 0.6) is 0 Å². The molecule has 22 heavy (non-hydrogen) atoms. The molecule has 0 saturated carbocycles. The van der Waals surface area contributed by atoms with Crippen molar-refractivity contribution in [2.75, 3.05) is 0 Å². The molecule has 0 aromatic heterocycles. The molecule has 0 aromatic rings. The Morgan fingerprint density at radius 2 is 0.545 bits per heavy atom. The van der Waals surface area contributed by atoms with Gasteiger partial charge < -0.3 is 0 Å². The third kappa shape index (κ3) is 13.7. The van der Waals surface area contributed by atoms with E-state index in [4.69, 9.17) is 0 Å². The van der Waals surface area contributed by atoms with Crippen molar-refractivity contribution < 1.29 is 0 Å². The van der Waals surface area contributed by atoms with E-state index in [1.165, 1.54) is 77.0 Å². The molecule has 1 rings (SSSR count). The number of hydrogen-bond donors (Lipinski definition) is 0. The molecule has 0 atom stereocenters. The number of allylic oxidation sites excluding steroid dienone is 10. The van der Waals surface area contributed by atoms with Gasteiger partial charge in [0.15, 0.2) is 0 Å². The van der Waals surface area contributed by atoms with Crippen LogP contribution in [0.15, 0.2) is 60.8 Å². The lowest BCUT2D eigenvalue weighted by Crippen LogP contribution is -1.82. The minimum Gasteiger partial charge on any atom is -0.0845 e. The van der Waals surface area contributed by atoms with E-state index in [1.807, 2.05) is 0 Å². The van der Waals surface area contributed by atoms with Crippen LogP contribution in [0.25, 0.3) is 0 Å². The molecule has 0 aromatic carbocycles. The van der Waals surface area contributed by atoms with Crippen molar-refractivity contribution in [1.29, 1.82) is 0 Å². The summed E-state index contributed by atoms with van der Waals surface area (Å²) in [4.78, 5) is 0. The highest BCUT2D eigenvalue weighted by Gasteiger charge is 1.92. The predicted molar refractivity (Wildman–Crippen MR) is 101 cm³/mol. The van der Waals surface area contributed by atoms with Crippen LogP contribution in [-0.4, -0.2) is 0 Å². The molecule has 0 fully saturated rings. The predicted octanol–water partition coefficient (Wildman–Crippen LogP) is 7.46. The van der Waals surface area contributed by atoms with E-state index in [0.717, 1.165) is 0 Å². The highest BCUT2D eigenvalue weighted by molar-refractivity contribution is 5.17. The minimum absolute atomic E-state index is 1.22. The van der Waals surface area contributed by atoms with Crippen LogP contribution < -0.4 is 0 Å². The van der Waals surface area contributed by atoms with Gasteiger partial charge >= 0.3 is 0 Å². The summed E-state index contributed by atoms with van der Waals surface area (Å²) in [7, 11) is 0. The molecule has 0 aliphatic heterocycles. The molecule has 0 heterocycles. The second-order valence-corrected chi connectivity index (χ2v) is 6.12. The van der Waals surface area contributed by atoms with Crippen molar-refractivity contribution in [2.24, 2.45) is 0 Å². The Morgan fingerprint density at radius 1 is 0.273 bits per heavy atom. The second kappa shape index (κ2) is 16.1. The normalized spacial score (nSPS) is 20.4. The summed E-state index contributed by atoms with van der Waals surface area (Å²) in [6.07, 6.45) is 38.0. The summed E-state index contributed by atoms with van der Waals surface area (Å²) >= 11 is 0. The zero-order valence-corrected chi connectivity index (χ0v) is 14.3. The average molecular weight is 299 g/mol. The first-order chi connectivity index (χ1) is 11.0. The Labute approximate surface area is 138 Å². The molecule has 0 amide bonds. The van der Waals surface area contributed by atoms with E-state index >= 15 is 0 Å². The van der Waals surface area contributed by atoms with Crippen LogP contribution in [0.1, 0.15) is 77.0 Å². The standard InChI is InChI=1S/C22H34/c1-2-4-6-8-10-12-14-16-18-20-22-21-19-17-15-13-11-9-7-5-3-1/h1-10H,11-22H2. The summed E-state index contributed by atoms with van der Waals surface area (Å²) in [5, 5.41) is 0. The molecule has 0 heteroatoms. The summed E-state index contributed by atoms with van der Waals surface area (Å²) in [5.74, 6) is 0. The van der Waals surface area contributed by atoms with Crippen molar-refractivity contribution >= 4 is 0 Å². The SMILES string of the molecule is C1=CC=CC=CCCCCCCCCCCCCC=CC=C1. The van der Waals surface area contributed by atoms with Crippen molar-refractivity contribution in [1.82, 2.24) is 0 Å². The number of rotatable bonds is 0. The van der Waals surface area contributed by atoms with E-state index < -0.39 is 0 Å². The highest BCUT2D eigenvalue weighted by Crippen LogP contribution is 2.12. The van der Waals surface area contributed by atoms with E-state index in [2.05, 4.69) is 60.8 Å². The van der Waals surface area contributed by atoms with Gasteiger partial charge in [0, 0.05) is 0 Å². The second-order valence-electron chi connectivity index (χ2n) is 6.12. The van der Waals surface area contributed by atoms with Gasteiger partial charge in [0.05, 0.1) is 0 Å². The molecule has 0 saturated heterocycles. The van der Waals surface area contributed by atoms with Gasteiger partial charge in [0.1, 0.15) is 0 Å². The van der Waals surface area contributed by atoms with Gasteiger partial charge in [-0.2, -0.15) is 0 Å².